The summed E-state index contributed by atoms with van der Waals surface area (Å²) >= 11 is 0. The molecule has 0 aliphatic rings. The van der Waals surface area contributed by atoms with Crippen molar-refractivity contribution in [1.82, 2.24) is 10.7 Å². The Bertz CT molecular complexity index is 440. The van der Waals surface area contributed by atoms with E-state index in [0.717, 1.165) is 6.07 Å². The van der Waals surface area contributed by atoms with E-state index in [1.165, 1.54) is 12.1 Å². The Balaban J connectivity index is 2.66. The highest BCUT2D eigenvalue weighted by Gasteiger charge is 2.06. The predicted octanol–water partition coefficient (Wildman–Crippen LogP) is 0.909. The molecule has 0 saturated heterocycles. The number of methoxy groups -OCH3 is 1. The summed E-state index contributed by atoms with van der Waals surface area (Å²) in [5.74, 6) is 4.37. The van der Waals surface area contributed by atoms with E-state index >= 15 is 0 Å². The van der Waals surface area contributed by atoms with E-state index in [4.69, 9.17) is 10.6 Å². The lowest BCUT2D eigenvalue weighted by Crippen LogP contribution is -2.46. The van der Waals surface area contributed by atoms with Gasteiger partial charge in [0.2, 0.25) is 5.96 Å². The van der Waals surface area contributed by atoms with Crippen LogP contribution in [0, 0.1) is 11.6 Å². The first-order valence-corrected chi connectivity index (χ1v) is 5.77. The van der Waals surface area contributed by atoms with Crippen molar-refractivity contribution in [2.24, 2.45) is 10.8 Å². The number of nitrogens with two attached hydrogens (primary N) is 1. The van der Waals surface area contributed by atoms with Gasteiger partial charge < -0.3 is 10.1 Å². The minimum absolute atomic E-state index is 0.00198. The standard InChI is InChI=1S/C12H18F2N4O/c1-8(7-19-2)17-12(18-15)16-6-9-3-4-10(13)5-11(9)14/h3-5,8H,6-7,15H2,1-2H3,(H2,16,17,18). The second-order valence-corrected chi connectivity index (χ2v) is 4.05. The molecule has 0 radical (unpaired) electrons. The first kappa shape index (κ1) is 15.3. The molecule has 5 nitrogen and oxygen atoms in total. The Morgan fingerprint density at radius 1 is 1.47 bits per heavy atom. The molecule has 1 rings (SSSR count). The topological polar surface area (TPSA) is 71.7 Å². The molecular weight excluding hydrogens is 254 g/mol. The molecule has 19 heavy (non-hydrogen) atoms. The molecule has 4 N–H and O–H groups in total. The summed E-state index contributed by atoms with van der Waals surface area (Å²) in [5.41, 5.74) is 2.67. The maximum Gasteiger partial charge on any atom is 0.206 e. The molecule has 1 unspecified atom stereocenters. The van der Waals surface area contributed by atoms with E-state index in [2.05, 4.69) is 15.7 Å². The first-order chi connectivity index (χ1) is 9.06. The third-order valence-electron chi connectivity index (χ3n) is 2.36. The number of hydrazine groups is 1. The number of hydrogen-bond donors (Lipinski definition) is 3. The number of guanidine groups is 1. The van der Waals surface area contributed by atoms with Crippen molar-refractivity contribution in [3.63, 3.8) is 0 Å². The molecule has 0 fully saturated rings. The van der Waals surface area contributed by atoms with Crippen molar-refractivity contribution >= 4 is 5.96 Å². The van der Waals surface area contributed by atoms with Crippen LogP contribution >= 0.6 is 0 Å². The molecule has 0 saturated carbocycles. The Morgan fingerprint density at radius 2 is 2.21 bits per heavy atom. The van der Waals surface area contributed by atoms with Crippen LogP contribution in [-0.2, 0) is 11.3 Å². The van der Waals surface area contributed by atoms with Crippen molar-refractivity contribution in [3.8, 4) is 0 Å². The van der Waals surface area contributed by atoms with Gasteiger partial charge in [-0.2, -0.15) is 0 Å². The fourth-order valence-electron chi connectivity index (χ4n) is 1.47. The van der Waals surface area contributed by atoms with Gasteiger partial charge in [-0.05, 0) is 13.0 Å². The zero-order valence-electron chi connectivity index (χ0n) is 10.9. The van der Waals surface area contributed by atoms with Gasteiger partial charge in [0.15, 0.2) is 0 Å². The maximum absolute atomic E-state index is 13.4. The fraction of sp³-hybridized carbons (Fsp3) is 0.417. The van der Waals surface area contributed by atoms with Gasteiger partial charge in [0.25, 0.3) is 0 Å². The second kappa shape index (κ2) is 7.65. The molecule has 1 aromatic carbocycles. The van der Waals surface area contributed by atoms with Gasteiger partial charge in [-0.3, -0.25) is 5.43 Å². The van der Waals surface area contributed by atoms with Crippen LogP contribution in [-0.4, -0.2) is 25.7 Å². The zero-order chi connectivity index (χ0) is 14.3. The molecule has 0 spiro atoms. The minimum atomic E-state index is -0.634. The van der Waals surface area contributed by atoms with Crippen LogP contribution in [0.2, 0.25) is 0 Å². The number of ether oxygens (including phenoxy) is 1. The fourth-order valence-corrected chi connectivity index (χ4v) is 1.47. The molecule has 1 atom stereocenters. The van der Waals surface area contributed by atoms with E-state index in [0.29, 0.717) is 12.6 Å². The van der Waals surface area contributed by atoms with Gasteiger partial charge in [0.1, 0.15) is 11.6 Å². The normalized spacial score (nSPS) is 13.2. The molecule has 106 valence electrons. The van der Waals surface area contributed by atoms with Crippen LogP contribution in [0.25, 0.3) is 0 Å². The molecule has 1 aromatic rings. The zero-order valence-corrected chi connectivity index (χ0v) is 10.9. The third kappa shape index (κ3) is 5.19. The summed E-state index contributed by atoms with van der Waals surface area (Å²) in [5, 5.41) is 2.96. The van der Waals surface area contributed by atoms with Gasteiger partial charge in [-0.25, -0.2) is 19.6 Å². The molecule has 0 aromatic heterocycles. The van der Waals surface area contributed by atoms with Crippen LogP contribution in [0.1, 0.15) is 12.5 Å². The van der Waals surface area contributed by atoms with E-state index in [1.807, 2.05) is 6.92 Å². The van der Waals surface area contributed by atoms with Gasteiger partial charge in [0, 0.05) is 24.8 Å². The Kier molecular flexibility index (Phi) is 6.17. The molecular formula is C12H18F2N4O. The molecule has 0 aliphatic carbocycles. The van der Waals surface area contributed by atoms with Crippen molar-refractivity contribution in [1.29, 1.82) is 0 Å². The lowest BCUT2D eigenvalue weighted by molar-refractivity contribution is 0.179. The van der Waals surface area contributed by atoms with E-state index in [-0.39, 0.29) is 18.2 Å². The Morgan fingerprint density at radius 3 is 2.79 bits per heavy atom. The minimum Gasteiger partial charge on any atom is -0.383 e. The van der Waals surface area contributed by atoms with Gasteiger partial charge in [-0.1, -0.05) is 6.07 Å². The molecule has 0 heterocycles. The van der Waals surface area contributed by atoms with E-state index in [1.54, 1.807) is 7.11 Å². The van der Waals surface area contributed by atoms with Crippen LogP contribution in [0.3, 0.4) is 0 Å². The van der Waals surface area contributed by atoms with E-state index in [9.17, 15) is 8.78 Å². The number of rotatable bonds is 5. The summed E-state index contributed by atoms with van der Waals surface area (Å²) in [4.78, 5) is 4.08. The van der Waals surface area contributed by atoms with Gasteiger partial charge >= 0.3 is 0 Å². The quantitative estimate of drug-likeness (QED) is 0.322. The highest BCUT2D eigenvalue weighted by molar-refractivity contribution is 5.79. The largest absolute Gasteiger partial charge is 0.383 e. The van der Waals surface area contributed by atoms with Crippen molar-refractivity contribution in [2.45, 2.75) is 19.5 Å². The maximum atomic E-state index is 13.4. The predicted molar refractivity (Wildman–Crippen MR) is 69.3 cm³/mol. The Labute approximate surface area is 110 Å². The number of aliphatic imine (C=N–C) groups is 1. The number of hydrogen-bond acceptors (Lipinski definition) is 3. The van der Waals surface area contributed by atoms with Crippen LogP contribution in [0.4, 0.5) is 8.78 Å². The number of nitrogens with one attached hydrogen (secondary N) is 2. The van der Waals surface area contributed by atoms with Crippen LogP contribution in [0.5, 0.6) is 0 Å². The summed E-state index contributed by atoms with van der Waals surface area (Å²) < 4.78 is 31.1. The average molecular weight is 272 g/mol. The monoisotopic (exact) mass is 272 g/mol. The number of halogens is 2. The van der Waals surface area contributed by atoms with E-state index < -0.39 is 11.6 Å². The number of benzene rings is 1. The molecule has 0 bridgehead atoms. The van der Waals surface area contributed by atoms with Crippen LogP contribution < -0.4 is 16.6 Å². The SMILES string of the molecule is COCC(C)NC(=NCc1ccc(F)cc1F)NN. The van der Waals surface area contributed by atoms with Gasteiger partial charge in [0.05, 0.1) is 13.2 Å². The summed E-state index contributed by atoms with van der Waals surface area (Å²) in [6.45, 7) is 2.42. The molecule has 0 amide bonds. The Hall–Kier alpha value is -1.73. The first-order valence-electron chi connectivity index (χ1n) is 5.77. The highest BCUT2D eigenvalue weighted by Crippen LogP contribution is 2.10. The molecule has 7 heteroatoms. The molecule has 0 aliphatic heterocycles. The summed E-state index contributed by atoms with van der Waals surface area (Å²) in [6, 6.07) is 3.35. The van der Waals surface area contributed by atoms with Crippen molar-refractivity contribution in [3.05, 3.63) is 35.4 Å². The summed E-state index contributed by atoms with van der Waals surface area (Å²) in [6.07, 6.45) is 0. The number of nitrogens with zero attached hydrogens (tertiary/aromatic N) is 1. The second-order valence-electron chi connectivity index (χ2n) is 4.05. The van der Waals surface area contributed by atoms with Crippen molar-refractivity contribution in [2.75, 3.05) is 13.7 Å². The lowest BCUT2D eigenvalue weighted by atomic mass is 10.2. The summed E-state index contributed by atoms with van der Waals surface area (Å²) in [7, 11) is 1.58. The van der Waals surface area contributed by atoms with Gasteiger partial charge in [-0.15, -0.1) is 0 Å². The van der Waals surface area contributed by atoms with Crippen molar-refractivity contribution < 1.29 is 13.5 Å². The smallest absolute Gasteiger partial charge is 0.206 e. The lowest BCUT2D eigenvalue weighted by Gasteiger charge is -2.15. The highest BCUT2D eigenvalue weighted by atomic mass is 19.1. The average Bonchev–Trinajstić information content (AvgIpc) is 2.36. The third-order valence-corrected chi connectivity index (χ3v) is 2.36. The van der Waals surface area contributed by atoms with Crippen LogP contribution in [0.15, 0.2) is 23.2 Å².